The summed E-state index contributed by atoms with van der Waals surface area (Å²) in [5.74, 6) is -8.47. The van der Waals surface area contributed by atoms with Gasteiger partial charge in [0.1, 0.15) is 59.3 Å². The minimum atomic E-state index is -5.01. The molecular formula is C44H43N3O20S2. The number of amides is 3. The maximum Gasteiger partial charge on any atom is 0.407 e. The van der Waals surface area contributed by atoms with Crippen LogP contribution in [-0.2, 0) is 49.9 Å². The zero-order valence-corrected chi connectivity index (χ0v) is 37.8. The molecule has 8 rings (SSSR count). The lowest BCUT2D eigenvalue weighted by atomic mass is 9.72. The third-order valence-electron chi connectivity index (χ3n) is 12.6. The van der Waals surface area contributed by atoms with Crippen LogP contribution in [0.1, 0.15) is 79.7 Å². The molecule has 3 heterocycles. The first-order valence-electron chi connectivity index (χ1n) is 21.0. The smallest absolute Gasteiger partial charge is 0.407 e. The number of hydrogen-bond acceptors (Lipinski definition) is 19. The Morgan fingerprint density at radius 3 is 2.33 bits per heavy atom. The molecule has 25 heteroatoms. The molecule has 2 saturated heterocycles. The number of carbonyl (C=O) groups is 7. The fourth-order valence-corrected chi connectivity index (χ4v) is 11.5. The summed E-state index contributed by atoms with van der Waals surface area (Å²) in [6.07, 6.45) is -8.63. The number of benzene rings is 3. The molecule has 3 amide bonds. The molecule has 2 fully saturated rings. The highest BCUT2D eigenvalue weighted by Gasteiger charge is 2.56. The van der Waals surface area contributed by atoms with E-state index in [1.165, 1.54) is 56.5 Å². The van der Waals surface area contributed by atoms with Crippen LogP contribution < -0.4 is 15.4 Å². The fourth-order valence-electron chi connectivity index (χ4n) is 9.31. The molecular weight excluding hydrogens is 955 g/mol. The van der Waals surface area contributed by atoms with Crippen LogP contribution in [-0.4, -0.2) is 157 Å². The Hall–Kier alpha value is -6.45. The average Bonchev–Trinajstić information content (AvgIpc) is 3.30. The molecule has 0 saturated carbocycles. The monoisotopic (exact) mass is 997 g/mol. The molecule has 0 aromatic heterocycles. The van der Waals surface area contributed by atoms with Gasteiger partial charge in [0.15, 0.2) is 23.1 Å². The molecule has 3 aromatic carbocycles. The van der Waals surface area contributed by atoms with Crippen LogP contribution in [0.4, 0.5) is 4.79 Å². The van der Waals surface area contributed by atoms with E-state index in [1.54, 1.807) is 6.07 Å². The highest BCUT2D eigenvalue weighted by Crippen LogP contribution is 2.53. The molecule has 366 valence electrons. The Balaban J connectivity index is 0.983. The van der Waals surface area contributed by atoms with Gasteiger partial charge in [-0.05, 0) is 18.6 Å². The number of phenols is 2. The lowest BCUT2D eigenvalue weighted by molar-refractivity contribution is -0.249. The second-order valence-corrected chi connectivity index (χ2v) is 19.4. The number of β-lactam (4-membered cyclic amide) rings is 1. The summed E-state index contributed by atoms with van der Waals surface area (Å²) in [4.78, 5) is 93.9. The molecule has 9 atom stereocenters. The number of carbonyl (C=O) groups excluding carboxylic acids is 6. The summed E-state index contributed by atoms with van der Waals surface area (Å²) >= 11 is 0.967. The average molecular weight is 998 g/mol. The van der Waals surface area contributed by atoms with Crippen LogP contribution in [0, 0.1) is 0 Å². The number of methoxy groups -OCH3 is 1. The predicted octanol–water partition coefficient (Wildman–Crippen LogP) is 0.137. The molecule has 0 radical (unpaired) electrons. The van der Waals surface area contributed by atoms with Gasteiger partial charge in [0.25, 0.3) is 16.0 Å². The number of ether oxygens (including phenoxy) is 4. The number of aliphatic hydroxyl groups is 3. The molecule has 23 nitrogen and oxygen atoms in total. The van der Waals surface area contributed by atoms with Crippen molar-refractivity contribution < 1.29 is 96.1 Å². The Labute approximate surface area is 394 Å². The number of hydrogen-bond donors (Lipinski definition) is 9. The van der Waals surface area contributed by atoms with E-state index >= 15 is 0 Å². The highest BCUT2D eigenvalue weighted by molar-refractivity contribution is 8.00. The van der Waals surface area contributed by atoms with Crippen LogP contribution in [0.25, 0.3) is 0 Å². The number of Topliss-reactive ketones (excluding diaryl/α,β-unsaturated/α-hetero) is 1. The predicted molar refractivity (Wildman–Crippen MR) is 232 cm³/mol. The number of thioether (sulfide) groups is 1. The van der Waals surface area contributed by atoms with E-state index in [2.05, 4.69) is 10.6 Å². The maximum atomic E-state index is 14.0. The van der Waals surface area contributed by atoms with E-state index in [4.69, 9.17) is 18.9 Å². The number of carboxylic acid groups (broad SMARTS) is 1. The number of ketones is 3. The Kier molecular flexibility index (Phi) is 13.1. The third kappa shape index (κ3) is 8.57. The molecule has 69 heavy (non-hydrogen) atoms. The first-order chi connectivity index (χ1) is 32.6. The zero-order valence-electron chi connectivity index (χ0n) is 36.2. The standard InChI is InChI=1S/C44H43N3O20S2/c1-17-33(50)22(45-43(59)65-15-19-16-68-41-31(40(56)47(41)32(19)42(57)58)46-39(55)38(69(61,62)63)18-7-4-3-5-8-18)11-26(66-17)67-24-13-44(60,25(49)14-48)12-21-28(24)37(54)30-29(35(21)52)34(51)20-9-6-10-23(64-2)27(20)36(30)53/h3-10,17,22,24,26,31,33,38,41,48,50,52,54,60H,11-16H2,1-2H3,(H,45,59)(H,46,55)(H,57,58)(H,61,62,63)/t17-,22-,24-,26-,31+,33+,38?,41+,44-/m0/s1. The van der Waals surface area contributed by atoms with Gasteiger partial charge in [-0.1, -0.05) is 42.5 Å². The van der Waals surface area contributed by atoms with Crippen molar-refractivity contribution in [1.82, 2.24) is 15.5 Å². The van der Waals surface area contributed by atoms with Crippen LogP contribution in [0.2, 0.25) is 0 Å². The van der Waals surface area contributed by atoms with E-state index in [0.29, 0.717) is 0 Å². The molecule has 5 aliphatic rings. The van der Waals surface area contributed by atoms with E-state index in [0.717, 1.165) is 16.7 Å². The molecule has 1 unspecified atom stereocenters. The SMILES string of the molecule is COc1cccc2c1C(=O)c1c(O)c3c(c(O)c1C2=O)C[C@@](O)(C(=O)CO)C[C@@H]3O[C@H]1C[C@H](NC(=O)OCC2=C(C(=O)O)N3C(=O)[C@@H](NC(=O)C(c4ccccc4)S(=O)(=O)O)[C@H]3SC2)[C@H](O)[C@H](C)O1. The number of phenolic OH excluding ortho intramolecular Hbond substituents is 2. The van der Waals surface area contributed by atoms with Crippen LogP contribution >= 0.6 is 11.8 Å². The summed E-state index contributed by atoms with van der Waals surface area (Å²) in [6.45, 7) is -0.452. The molecule has 2 aliphatic carbocycles. The number of aliphatic hydroxyl groups excluding tert-OH is 2. The van der Waals surface area contributed by atoms with Gasteiger partial charge in [0, 0.05) is 47.3 Å². The van der Waals surface area contributed by atoms with Gasteiger partial charge < -0.3 is 60.2 Å². The summed E-state index contributed by atoms with van der Waals surface area (Å²) in [5, 5.41) is 67.7. The minimum Gasteiger partial charge on any atom is -0.507 e. The number of carboxylic acids is 1. The van der Waals surface area contributed by atoms with Gasteiger partial charge in [-0.3, -0.25) is 33.4 Å². The number of nitrogens with one attached hydrogen (secondary N) is 2. The molecule has 0 bridgehead atoms. The van der Waals surface area contributed by atoms with Gasteiger partial charge in [0.2, 0.25) is 11.7 Å². The second kappa shape index (κ2) is 18.5. The van der Waals surface area contributed by atoms with E-state index in [1.807, 2.05) is 0 Å². The normalized spacial score (nSPS) is 26.6. The number of fused-ring (bicyclic) bond motifs is 4. The number of aromatic hydroxyl groups is 2. The summed E-state index contributed by atoms with van der Waals surface area (Å²) < 4.78 is 56.9. The van der Waals surface area contributed by atoms with E-state index < -0.39 is 165 Å². The first-order valence-corrected chi connectivity index (χ1v) is 23.5. The lowest BCUT2D eigenvalue weighted by Gasteiger charge is -2.49. The molecule has 0 spiro atoms. The van der Waals surface area contributed by atoms with Crippen molar-refractivity contribution in [2.24, 2.45) is 0 Å². The van der Waals surface area contributed by atoms with Gasteiger partial charge in [0.05, 0.1) is 42.0 Å². The Morgan fingerprint density at radius 2 is 1.68 bits per heavy atom. The van der Waals surface area contributed by atoms with Crippen molar-refractivity contribution in [3.05, 3.63) is 98.7 Å². The first kappa shape index (κ1) is 49.0. The minimum absolute atomic E-state index is 0.00316. The van der Waals surface area contributed by atoms with Crippen LogP contribution in [0.5, 0.6) is 17.2 Å². The number of nitrogens with zero attached hydrogens (tertiary/aromatic N) is 1. The van der Waals surface area contributed by atoms with Crippen LogP contribution in [0.3, 0.4) is 0 Å². The van der Waals surface area contributed by atoms with Crippen molar-refractivity contribution in [2.45, 2.75) is 79.1 Å². The highest BCUT2D eigenvalue weighted by atomic mass is 32.2. The van der Waals surface area contributed by atoms with E-state index in [9.17, 15) is 77.2 Å². The second-order valence-electron chi connectivity index (χ2n) is 16.8. The topological polar surface area (TPSA) is 359 Å². The molecule has 9 N–H and O–H groups in total. The van der Waals surface area contributed by atoms with Crippen molar-refractivity contribution in [2.75, 3.05) is 26.1 Å². The molecule has 3 aromatic rings. The van der Waals surface area contributed by atoms with Crippen molar-refractivity contribution in [1.29, 1.82) is 0 Å². The zero-order chi connectivity index (χ0) is 50.0. The Morgan fingerprint density at radius 1 is 0.986 bits per heavy atom. The van der Waals surface area contributed by atoms with Gasteiger partial charge >= 0.3 is 12.1 Å². The number of rotatable bonds is 13. The fraction of sp³-hybridized carbons (Fsp3) is 0.386. The van der Waals surface area contributed by atoms with Crippen molar-refractivity contribution in [3.8, 4) is 17.2 Å². The van der Waals surface area contributed by atoms with Crippen molar-refractivity contribution in [3.63, 3.8) is 0 Å². The maximum absolute atomic E-state index is 14.0. The summed E-state index contributed by atoms with van der Waals surface area (Å²) in [5.41, 5.74) is -5.38. The molecule has 3 aliphatic heterocycles. The number of alkyl carbamates (subject to hydrolysis) is 1. The van der Waals surface area contributed by atoms with Gasteiger partial charge in [-0.15, -0.1) is 11.8 Å². The lowest BCUT2D eigenvalue weighted by Crippen LogP contribution is -2.71. The quantitative estimate of drug-likeness (QED) is 0.0488. The van der Waals surface area contributed by atoms with Gasteiger partial charge in [-0.2, -0.15) is 8.42 Å². The van der Waals surface area contributed by atoms with Gasteiger partial charge in [-0.25, -0.2) is 9.59 Å². The number of aliphatic carboxylic acids is 1. The van der Waals surface area contributed by atoms with Crippen molar-refractivity contribution >= 4 is 63.1 Å². The Bertz CT molecular complexity index is 2860. The van der Waals surface area contributed by atoms with Crippen LogP contribution in [0.15, 0.2) is 59.8 Å². The van der Waals surface area contributed by atoms with E-state index in [-0.39, 0.29) is 44.9 Å². The third-order valence-corrected chi connectivity index (χ3v) is 15.0. The largest absolute Gasteiger partial charge is 0.507 e. The summed E-state index contributed by atoms with van der Waals surface area (Å²) in [7, 11) is -3.75. The summed E-state index contributed by atoms with van der Waals surface area (Å²) in [6, 6.07) is 8.52.